The summed E-state index contributed by atoms with van der Waals surface area (Å²) in [6, 6.07) is 10.8. The van der Waals surface area contributed by atoms with Crippen LogP contribution in [0.3, 0.4) is 0 Å². The first-order chi connectivity index (χ1) is 15.6. The lowest BCUT2D eigenvalue weighted by Crippen LogP contribution is -2.12. The van der Waals surface area contributed by atoms with E-state index in [1.165, 1.54) is 7.11 Å². The van der Waals surface area contributed by atoms with E-state index in [0.717, 1.165) is 0 Å². The summed E-state index contributed by atoms with van der Waals surface area (Å²) < 4.78 is 26.9. The molecule has 1 N–H and O–H groups in total. The number of aromatic nitrogens is 2. The molecule has 2 aromatic carbocycles. The Kier molecular flexibility index (Phi) is 7.91. The second kappa shape index (κ2) is 11.0. The second-order valence-electron chi connectivity index (χ2n) is 6.76. The third kappa shape index (κ3) is 5.48. The van der Waals surface area contributed by atoms with Gasteiger partial charge in [0, 0.05) is 18.4 Å². The summed E-state index contributed by atoms with van der Waals surface area (Å²) in [6.07, 6.45) is 1.33. The van der Waals surface area contributed by atoms with Gasteiger partial charge in [0.05, 0.1) is 33.6 Å². The Balaban J connectivity index is 1.60. The van der Waals surface area contributed by atoms with Crippen molar-refractivity contribution in [3.63, 3.8) is 0 Å². The van der Waals surface area contributed by atoms with Crippen molar-refractivity contribution < 1.29 is 28.3 Å². The van der Waals surface area contributed by atoms with E-state index in [1.54, 1.807) is 26.4 Å². The number of carbonyl (C=O) groups excluding carboxylic acids is 1. The molecule has 0 aliphatic heterocycles. The van der Waals surface area contributed by atoms with Crippen LogP contribution in [-0.2, 0) is 11.2 Å². The van der Waals surface area contributed by atoms with E-state index in [2.05, 4.69) is 15.5 Å². The highest BCUT2D eigenvalue weighted by atomic mass is 16.5. The molecule has 0 aliphatic rings. The zero-order chi connectivity index (χ0) is 22.9. The molecule has 1 amide bonds. The van der Waals surface area contributed by atoms with Crippen molar-refractivity contribution >= 4 is 11.6 Å². The highest BCUT2D eigenvalue weighted by Gasteiger charge is 2.17. The number of aryl methyl sites for hydroxylation is 1. The Hall–Kier alpha value is -3.75. The molecular weight excluding hydrogens is 414 g/mol. The quantitative estimate of drug-likeness (QED) is 0.474. The van der Waals surface area contributed by atoms with Crippen LogP contribution in [0.1, 0.15) is 25.7 Å². The van der Waals surface area contributed by atoms with Gasteiger partial charge in [-0.2, -0.15) is 4.98 Å². The fourth-order valence-electron chi connectivity index (χ4n) is 3.15. The number of benzene rings is 2. The van der Waals surface area contributed by atoms with E-state index >= 15 is 0 Å². The third-order valence-electron chi connectivity index (χ3n) is 4.65. The molecule has 0 radical (unpaired) electrons. The Morgan fingerprint density at radius 1 is 1.03 bits per heavy atom. The number of hydrogen-bond acceptors (Lipinski definition) is 8. The monoisotopic (exact) mass is 441 g/mol. The molecule has 0 saturated heterocycles. The molecule has 0 atom stereocenters. The summed E-state index contributed by atoms with van der Waals surface area (Å²) in [6.45, 7) is 2.42. The van der Waals surface area contributed by atoms with Crippen LogP contribution in [0.4, 0.5) is 5.69 Å². The van der Waals surface area contributed by atoms with Crippen LogP contribution in [-0.4, -0.2) is 44.0 Å². The zero-order valence-corrected chi connectivity index (χ0v) is 18.6. The van der Waals surface area contributed by atoms with Crippen LogP contribution >= 0.6 is 0 Å². The minimum Gasteiger partial charge on any atom is -0.493 e. The summed E-state index contributed by atoms with van der Waals surface area (Å²) >= 11 is 0. The summed E-state index contributed by atoms with van der Waals surface area (Å²) in [5.41, 5.74) is 1.32. The molecule has 170 valence electrons. The van der Waals surface area contributed by atoms with Crippen molar-refractivity contribution in [1.82, 2.24) is 10.1 Å². The van der Waals surface area contributed by atoms with Crippen molar-refractivity contribution in [2.24, 2.45) is 0 Å². The van der Waals surface area contributed by atoms with Crippen molar-refractivity contribution in [1.29, 1.82) is 0 Å². The molecule has 0 spiro atoms. The lowest BCUT2D eigenvalue weighted by Gasteiger charge is -2.12. The zero-order valence-electron chi connectivity index (χ0n) is 18.6. The van der Waals surface area contributed by atoms with Gasteiger partial charge < -0.3 is 28.8 Å². The number of hydrogen-bond donors (Lipinski definition) is 1. The van der Waals surface area contributed by atoms with Gasteiger partial charge in [-0.25, -0.2) is 0 Å². The van der Waals surface area contributed by atoms with Gasteiger partial charge in [-0.05, 0) is 37.6 Å². The Morgan fingerprint density at radius 2 is 1.75 bits per heavy atom. The van der Waals surface area contributed by atoms with Gasteiger partial charge in [0.25, 0.3) is 0 Å². The predicted octanol–water partition coefficient (Wildman–Crippen LogP) is 4.12. The summed E-state index contributed by atoms with van der Waals surface area (Å²) in [5.74, 6) is 2.86. The molecular formula is C23H27N3O6. The number of methoxy groups -OCH3 is 3. The SMILES string of the molecule is CCOc1ccccc1NC(=O)CCCc1nc(-c2cc(OC)c(OC)c(OC)c2)no1. The van der Waals surface area contributed by atoms with Crippen LogP contribution in [0.15, 0.2) is 40.9 Å². The standard InChI is InChI=1S/C23H27N3O6/c1-5-31-17-10-7-6-9-16(17)24-20(27)11-8-12-21-25-23(26-32-21)15-13-18(28-2)22(30-4)19(14-15)29-3/h6-7,9-10,13-14H,5,8,11-12H2,1-4H3,(H,24,27). The molecule has 1 aromatic heterocycles. The first kappa shape index (κ1) is 22.9. The second-order valence-corrected chi connectivity index (χ2v) is 6.76. The van der Waals surface area contributed by atoms with E-state index in [4.69, 9.17) is 23.5 Å². The summed E-state index contributed by atoms with van der Waals surface area (Å²) in [4.78, 5) is 16.7. The summed E-state index contributed by atoms with van der Waals surface area (Å²) in [7, 11) is 4.62. The van der Waals surface area contributed by atoms with E-state index in [9.17, 15) is 4.79 Å². The first-order valence-corrected chi connectivity index (χ1v) is 10.2. The van der Waals surface area contributed by atoms with Crippen molar-refractivity contribution in [3.8, 4) is 34.4 Å². The van der Waals surface area contributed by atoms with Gasteiger partial charge in [-0.15, -0.1) is 0 Å². The van der Waals surface area contributed by atoms with Crippen LogP contribution in [0, 0.1) is 0 Å². The number of nitrogens with one attached hydrogen (secondary N) is 1. The normalized spacial score (nSPS) is 10.5. The van der Waals surface area contributed by atoms with Gasteiger partial charge in [-0.3, -0.25) is 4.79 Å². The molecule has 0 saturated carbocycles. The predicted molar refractivity (Wildman–Crippen MR) is 119 cm³/mol. The minimum absolute atomic E-state index is 0.110. The number of amides is 1. The van der Waals surface area contributed by atoms with E-state index < -0.39 is 0 Å². The number of carbonyl (C=O) groups is 1. The number of para-hydroxylation sites is 2. The fourth-order valence-corrected chi connectivity index (χ4v) is 3.15. The average molecular weight is 441 g/mol. The third-order valence-corrected chi connectivity index (χ3v) is 4.65. The van der Waals surface area contributed by atoms with Gasteiger partial charge in [0.1, 0.15) is 5.75 Å². The Labute approximate surface area is 186 Å². The number of rotatable bonds is 11. The number of nitrogens with zero attached hydrogens (tertiary/aromatic N) is 2. The molecule has 32 heavy (non-hydrogen) atoms. The van der Waals surface area contributed by atoms with Crippen molar-refractivity contribution in [3.05, 3.63) is 42.3 Å². The van der Waals surface area contributed by atoms with Crippen LogP contribution < -0.4 is 24.3 Å². The molecule has 3 rings (SSSR count). The lowest BCUT2D eigenvalue weighted by molar-refractivity contribution is -0.116. The minimum atomic E-state index is -0.110. The van der Waals surface area contributed by atoms with Crippen LogP contribution in [0.2, 0.25) is 0 Å². The molecule has 9 heteroatoms. The van der Waals surface area contributed by atoms with E-state index in [1.807, 2.05) is 31.2 Å². The Bertz CT molecular complexity index is 1020. The number of ether oxygens (including phenoxy) is 4. The molecule has 0 aliphatic carbocycles. The smallest absolute Gasteiger partial charge is 0.226 e. The van der Waals surface area contributed by atoms with Gasteiger partial charge >= 0.3 is 0 Å². The average Bonchev–Trinajstić information content (AvgIpc) is 3.28. The topological polar surface area (TPSA) is 105 Å². The summed E-state index contributed by atoms with van der Waals surface area (Å²) in [5, 5.41) is 6.91. The van der Waals surface area contributed by atoms with E-state index in [0.29, 0.717) is 71.8 Å². The molecule has 0 bridgehead atoms. The highest BCUT2D eigenvalue weighted by Crippen LogP contribution is 2.40. The van der Waals surface area contributed by atoms with Gasteiger partial charge in [0.2, 0.25) is 23.4 Å². The first-order valence-electron chi connectivity index (χ1n) is 10.2. The Morgan fingerprint density at radius 3 is 2.41 bits per heavy atom. The maximum absolute atomic E-state index is 12.3. The van der Waals surface area contributed by atoms with Crippen LogP contribution in [0.5, 0.6) is 23.0 Å². The molecule has 9 nitrogen and oxygen atoms in total. The van der Waals surface area contributed by atoms with Crippen molar-refractivity contribution in [2.75, 3.05) is 33.3 Å². The molecule has 1 heterocycles. The maximum Gasteiger partial charge on any atom is 0.226 e. The molecule has 0 unspecified atom stereocenters. The molecule has 3 aromatic rings. The fraction of sp³-hybridized carbons (Fsp3) is 0.348. The van der Waals surface area contributed by atoms with Crippen LogP contribution in [0.25, 0.3) is 11.4 Å². The number of anilines is 1. The largest absolute Gasteiger partial charge is 0.493 e. The van der Waals surface area contributed by atoms with Gasteiger partial charge in [0.15, 0.2) is 11.5 Å². The highest BCUT2D eigenvalue weighted by molar-refractivity contribution is 5.92. The van der Waals surface area contributed by atoms with E-state index in [-0.39, 0.29) is 5.91 Å². The maximum atomic E-state index is 12.3. The lowest BCUT2D eigenvalue weighted by atomic mass is 10.1. The van der Waals surface area contributed by atoms with Crippen molar-refractivity contribution in [2.45, 2.75) is 26.2 Å². The molecule has 0 fully saturated rings. The van der Waals surface area contributed by atoms with Gasteiger partial charge in [-0.1, -0.05) is 17.3 Å².